The summed E-state index contributed by atoms with van der Waals surface area (Å²) in [5.41, 5.74) is 2.24. The summed E-state index contributed by atoms with van der Waals surface area (Å²) in [5, 5.41) is 5.46. The van der Waals surface area contributed by atoms with Crippen LogP contribution in [0.2, 0.25) is 25.7 Å². The van der Waals surface area contributed by atoms with Gasteiger partial charge in [-0.15, -0.1) is 0 Å². The fourth-order valence-corrected chi connectivity index (χ4v) is 5.48. The number of nitrogens with zero attached hydrogens (tertiary/aromatic N) is 4. The van der Waals surface area contributed by atoms with E-state index in [0.717, 1.165) is 11.6 Å². The monoisotopic (exact) mass is 682 g/mol. The standard InChI is InChI=1S/C34H47FN6O6Si/c1-23(2)18-29-31-25(26(35)20-36-29)19-24(41(31)22-47-16-17-48(6,7)8)21-40-15-11-13-28(33(40)44)37-32(43)27(38-34(45)46-5)12-9-10-14-30(42)39(3)4/h10-11,13-15,18-20,27H,9,12,16-17,21-22H2,1-8H3,(H,37,43)(H,38,45)/b14-10+/t27-/m0/s1. The van der Waals surface area contributed by atoms with Gasteiger partial charge in [-0.1, -0.05) is 31.3 Å². The Kier molecular flexibility index (Phi) is 13.4. The zero-order chi connectivity index (χ0) is 35.6. The highest BCUT2D eigenvalue weighted by Crippen LogP contribution is 2.27. The molecule has 0 saturated heterocycles. The second-order valence-corrected chi connectivity index (χ2v) is 18.8. The summed E-state index contributed by atoms with van der Waals surface area (Å²) in [6.07, 6.45) is 7.25. The fourth-order valence-electron chi connectivity index (χ4n) is 4.73. The molecule has 0 spiro atoms. The SMILES string of the molecule is COC(=O)N[C@@H](CC/C=C/C(=O)N(C)C)C(=O)Nc1cccn(Cc2cc3c(F)cnc(C=C(C)C)c3n2COCC[Si](C)(C)C)c1=O. The Morgan fingerprint density at radius 2 is 1.92 bits per heavy atom. The summed E-state index contributed by atoms with van der Waals surface area (Å²) in [5.74, 6) is -1.34. The van der Waals surface area contributed by atoms with E-state index in [2.05, 4.69) is 40.0 Å². The van der Waals surface area contributed by atoms with Gasteiger partial charge in [-0.2, -0.15) is 0 Å². The smallest absolute Gasteiger partial charge is 0.407 e. The number of halogens is 1. The third kappa shape index (κ3) is 10.7. The van der Waals surface area contributed by atoms with E-state index in [1.54, 1.807) is 38.5 Å². The maximum atomic E-state index is 15.1. The molecule has 48 heavy (non-hydrogen) atoms. The van der Waals surface area contributed by atoms with Gasteiger partial charge in [-0.25, -0.2) is 9.18 Å². The third-order valence-electron chi connectivity index (χ3n) is 7.37. The number of fused-ring (bicyclic) bond motifs is 1. The van der Waals surface area contributed by atoms with Crippen LogP contribution in [0.25, 0.3) is 17.0 Å². The summed E-state index contributed by atoms with van der Waals surface area (Å²) in [7, 11) is 3.06. The Balaban J connectivity index is 1.93. The number of nitrogens with one attached hydrogen (secondary N) is 2. The molecule has 0 aliphatic rings. The average molecular weight is 683 g/mol. The van der Waals surface area contributed by atoms with Crippen molar-refractivity contribution in [3.63, 3.8) is 0 Å². The maximum Gasteiger partial charge on any atom is 0.407 e. The number of pyridine rings is 2. The highest BCUT2D eigenvalue weighted by molar-refractivity contribution is 6.76. The maximum absolute atomic E-state index is 15.1. The van der Waals surface area contributed by atoms with Crippen LogP contribution in [-0.4, -0.2) is 78.9 Å². The number of amides is 3. The van der Waals surface area contributed by atoms with Gasteiger partial charge in [0, 0.05) is 46.1 Å². The van der Waals surface area contributed by atoms with Crippen molar-refractivity contribution in [1.82, 2.24) is 24.3 Å². The topological polar surface area (TPSA) is 137 Å². The predicted octanol–water partition coefficient (Wildman–Crippen LogP) is 5.21. The quantitative estimate of drug-likeness (QED) is 0.128. The largest absolute Gasteiger partial charge is 0.453 e. The number of carbonyl (C=O) groups is 3. The van der Waals surface area contributed by atoms with Gasteiger partial charge >= 0.3 is 6.09 Å². The molecule has 3 aromatic rings. The van der Waals surface area contributed by atoms with E-state index >= 15 is 4.39 Å². The molecule has 0 aromatic carbocycles. The van der Waals surface area contributed by atoms with Crippen molar-refractivity contribution in [1.29, 1.82) is 0 Å². The second-order valence-electron chi connectivity index (χ2n) is 13.1. The molecule has 0 radical (unpaired) electrons. The molecule has 14 heteroatoms. The first-order chi connectivity index (χ1) is 22.6. The molecule has 0 bridgehead atoms. The zero-order valence-corrected chi connectivity index (χ0v) is 30.1. The fraction of sp³-hybridized carbons (Fsp3) is 0.441. The molecular weight excluding hydrogens is 635 g/mol. The Hall–Kier alpha value is -4.56. The number of allylic oxidation sites excluding steroid dienone is 2. The van der Waals surface area contributed by atoms with Gasteiger partial charge in [-0.3, -0.25) is 19.4 Å². The van der Waals surface area contributed by atoms with Gasteiger partial charge in [0.05, 0.1) is 31.1 Å². The van der Waals surface area contributed by atoms with Crippen LogP contribution in [0.1, 0.15) is 38.1 Å². The van der Waals surface area contributed by atoms with Gasteiger partial charge in [0.25, 0.3) is 5.56 Å². The lowest BCUT2D eigenvalue weighted by Crippen LogP contribution is -2.44. The first kappa shape index (κ1) is 37.9. The molecule has 3 heterocycles. The van der Waals surface area contributed by atoms with E-state index in [1.807, 2.05) is 24.5 Å². The number of carbonyl (C=O) groups excluding carboxylic acids is 3. The minimum Gasteiger partial charge on any atom is -0.453 e. The van der Waals surface area contributed by atoms with Crippen molar-refractivity contribution in [2.24, 2.45) is 0 Å². The van der Waals surface area contributed by atoms with Crippen molar-refractivity contribution in [2.45, 2.75) is 71.7 Å². The molecule has 3 amide bonds. The Bertz CT molecular complexity index is 1740. The van der Waals surface area contributed by atoms with Crippen LogP contribution in [0.4, 0.5) is 14.9 Å². The lowest BCUT2D eigenvalue weighted by Gasteiger charge is -2.18. The minimum atomic E-state index is -1.36. The van der Waals surface area contributed by atoms with E-state index in [1.165, 1.54) is 34.9 Å². The van der Waals surface area contributed by atoms with Crippen molar-refractivity contribution in [2.75, 3.05) is 33.1 Å². The molecule has 2 N–H and O–H groups in total. The molecule has 0 aliphatic carbocycles. The molecule has 0 aliphatic heterocycles. The molecule has 1 atom stereocenters. The van der Waals surface area contributed by atoms with Gasteiger partial charge in [0.1, 0.15) is 18.5 Å². The lowest BCUT2D eigenvalue weighted by atomic mass is 10.1. The van der Waals surface area contributed by atoms with Crippen LogP contribution in [-0.2, 0) is 32.3 Å². The van der Waals surface area contributed by atoms with Crippen LogP contribution in [0.3, 0.4) is 0 Å². The Morgan fingerprint density at radius 3 is 2.56 bits per heavy atom. The van der Waals surface area contributed by atoms with Crippen LogP contribution in [0, 0.1) is 5.82 Å². The van der Waals surface area contributed by atoms with Crippen molar-refractivity contribution >= 4 is 48.6 Å². The number of likely N-dealkylation sites (N-methyl/N-ethyl adjacent to an activating group) is 1. The summed E-state index contributed by atoms with van der Waals surface area (Å²) in [4.78, 5) is 56.5. The molecular formula is C34H47FN6O6Si. The minimum absolute atomic E-state index is 0.00961. The summed E-state index contributed by atoms with van der Waals surface area (Å²) < 4.78 is 29.1. The molecule has 0 unspecified atom stereocenters. The lowest BCUT2D eigenvalue weighted by molar-refractivity contribution is -0.123. The number of hydrogen-bond donors (Lipinski definition) is 2. The predicted molar refractivity (Wildman–Crippen MR) is 188 cm³/mol. The normalized spacial score (nSPS) is 12.2. The summed E-state index contributed by atoms with van der Waals surface area (Å²) in [6, 6.07) is 4.67. The van der Waals surface area contributed by atoms with Crippen LogP contribution < -0.4 is 16.2 Å². The first-order valence-electron chi connectivity index (χ1n) is 15.7. The van der Waals surface area contributed by atoms with Crippen molar-refractivity contribution in [3.8, 4) is 0 Å². The molecule has 0 fully saturated rings. The Labute approximate surface area is 281 Å². The molecule has 12 nitrogen and oxygen atoms in total. The van der Waals surface area contributed by atoms with Crippen molar-refractivity contribution in [3.05, 3.63) is 75.9 Å². The Morgan fingerprint density at radius 1 is 1.19 bits per heavy atom. The zero-order valence-electron chi connectivity index (χ0n) is 29.1. The molecule has 260 valence electrons. The van der Waals surface area contributed by atoms with Crippen LogP contribution in [0.5, 0.6) is 0 Å². The van der Waals surface area contributed by atoms with Gasteiger partial charge in [0.15, 0.2) is 5.82 Å². The number of ether oxygens (including phenoxy) is 2. The number of alkyl carbamates (subject to hydrolysis) is 1. The molecule has 3 aromatic heterocycles. The molecule has 0 saturated carbocycles. The number of hydrogen-bond acceptors (Lipinski definition) is 7. The van der Waals surface area contributed by atoms with E-state index < -0.39 is 37.5 Å². The molecule has 3 rings (SSSR count). The summed E-state index contributed by atoms with van der Waals surface area (Å²) in [6.45, 7) is 11.4. The van der Waals surface area contributed by atoms with Crippen LogP contribution >= 0.6 is 0 Å². The summed E-state index contributed by atoms with van der Waals surface area (Å²) >= 11 is 0. The number of rotatable bonds is 15. The van der Waals surface area contributed by atoms with Gasteiger partial charge < -0.3 is 34.1 Å². The highest BCUT2D eigenvalue weighted by Gasteiger charge is 2.23. The second kappa shape index (κ2) is 17.0. The van der Waals surface area contributed by atoms with E-state index in [4.69, 9.17) is 4.74 Å². The number of aromatic nitrogens is 3. The van der Waals surface area contributed by atoms with E-state index in [0.29, 0.717) is 35.3 Å². The van der Waals surface area contributed by atoms with E-state index in [-0.39, 0.29) is 31.3 Å². The average Bonchev–Trinajstić information content (AvgIpc) is 3.38. The van der Waals surface area contributed by atoms with Gasteiger partial charge in [0.2, 0.25) is 11.8 Å². The third-order valence-corrected chi connectivity index (χ3v) is 9.07. The van der Waals surface area contributed by atoms with Crippen molar-refractivity contribution < 1.29 is 28.2 Å². The number of methoxy groups -OCH3 is 1. The van der Waals surface area contributed by atoms with Gasteiger partial charge in [-0.05, 0) is 63.1 Å². The first-order valence-corrected chi connectivity index (χ1v) is 19.4. The van der Waals surface area contributed by atoms with Crippen LogP contribution in [0.15, 0.2) is 53.1 Å². The number of anilines is 1. The highest BCUT2D eigenvalue weighted by atomic mass is 28.3. The van der Waals surface area contributed by atoms with E-state index in [9.17, 15) is 19.2 Å².